The fourth-order valence-corrected chi connectivity index (χ4v) is 13.2. The molecule has 11 rings (SSSR count). The molecule has 0 radical (unpaired) electrons. The van der Waals surface area contributed by atoms with E-state index in [2.05, 4.69) is 71.6 Å². The average molecular weight is 1470 g/mol. The number of benzene rings is 9. The van der Waals surface area contributed by atoms with Gasteiger partial charge < -0.3 is 41.7 Å². The number of aromatic hydroxyl groups is 4. The van der Waals surface area contributed by atoms with Gasteiger partial charge in [0.2, 0.25) is 34.4 Å². The molecule has 36 nitrogen and oxygen atoms in total. The minimum Gasteiger partial charge on any atom is -0.507 e. The Morgan fingerprint density at radius 3 is 0.958 bits per heavy atom. The summed E-state index contributed by atoms with van der Waals surface area (Å²) < 4.78 is 207. The minimum atomic E-state index is -5.22. The largest absolute Gasteiger partial charge is 0.507 e. The van der Waals surface area contributed by atoms with Crippen molar-refractivity contribution in [1.82, 2.24) is 29.9 Å². The van der Waals surface area contributed by atoms with Crippen LogP contribution in [-0.4, -0.2) is 128 Å². The molecule has 0 amide bonds. The summed E-state index contributed by atoms with van der Waals surface area (Å²) in [6, 6.07) is 21.0. The molecule has 44 heteroatoms. The van der Waals surface area contributed by atoms with E-state index in [1.807, 2.05) is 0 Å². The number of hydrogen-bond acceptors (Lipinski definition) is 30. The standard InChI is InChI=1S/C52H34Cl2N14O22S6/c53-47-59-49(63-51(61-47)57-43-39(95(85,86)87)15-21-9-27(5-7-33(21)45(43)71)65-67-35-17-29(91(73,74)75)11-23-13-31(93(79,80)81)19-37(69)41(23)35)55-25-1-2-26(4-3-25)56-50-60-48(54)62-52(64-50)58-44-40(96(88,89)90)16-22-10-28(6-8-34(22)46(44)72)66-68-36-18-30(92(76,77)78)12-24-14-32(94(82,83)84)20-38(70)42(24)36/h1-20,69-72H,(H,73,74,75)(H,76,77,78)(H,79,80,81)(H,82,83,84)(H,85,86,87)(H,88,89,90)(H2,55,57,59,61,63)(H2,56,58,60,62,64). The van der Waals surface area contributed by atoms with Gasteiger partial charge in [-0.05, 0) is 154 Å². The molecule has 14 N–H and O–H groups in total. The highest BCUT2D eigenvalue weighted by Gasteiger charge is 2.27. The number of nitrogens with zero attached hydrogens (tertiary/aromatic N) is 10. The van der Waals surface area contributed by atoms with Crippen molar-refractivity contribution in [3.63, 3.8) is 0 Å². The number of anilines is 8. The minimum absolute atomic E-state index is 0.0748. The van der Waals surface area contributed by atoms with Gasteiger partial charge in [0.25, 0.3) is 60.7 Å². The summed E-state index contributed by atoms with van der Waals surface area (Å²) in [7, 11) is -30.3. The summed E-state index contributed by atoms with van der Waals surface area (Å²) in [5.41, 5.74) is -1.87. The monoisotopic (exact) mass is 1470 g/mol. The van der Waals surface area contributed by atoms with E-state index >= 15 is 0 Å². The van der Waals surface area contributed by atoms with E-state index in [0.29, 0.717) is 12.1 Å². The van der Waals surface area contributed by atoms with Gasteiger partial charge in [-0.1, -0.05) is 0 Å². The van der Waals surface area contributed by atoms with E-state index in [-0.39, 0.29) is 77.7 Å². The summed E-state index contributed by atoms with van der Waals surface area (Å²) in [6.07, 6.45) is 0. The summed E-state index contributed by atoms with van der Waals surface area (Å²) in [5.74, 6) is -4.68. The lowest BCUT2D eigenvalue weighted by molar-refractivity contribution is 0.470. The Kier molecular flexibility index (Phi) is 17.1. The lowest BCUT2D eigenvalue weighted by Gasteiger charge is -2.15. The van der Waals surface area contributed by atoms with Gasteiger partial charge in [-0.2, -0.15) is 90.6 Å². The van der Waals surface area contributed by atoms with Gasteiger partial charge in [0.05, 0.1) is 53.1 Å². The van der Waals surface area contributed by atoms with Gasteiger partial charge in [0.15, 0.2) is 0 Å². The highest BCUT2D eigenvalue weighted by Crippen LogP contribution is 2.45. The first-order valence-electron chi connectivity index (χ1n) is 25.6. The number of fused-ring (bicyclic) bond motifs is 4. The van der Waals surface area contributed by atoms with Crippen molar-refractivity contribution in [2.75, 3.05) is 21.3 Å². The number of aromatic nitrogens is 6. The summed E-state index contributed by atoms with van der Waals surface area (Å²) in [4.78, 5) is 19.1. The Hall–Kier alpha value is -10.3. The van der Waals surface area contributed by atoms with E-state index in [9.17, 15) is 98.2 Å². The molecule has 0 aliphatic heterocycles. The molecule has 0 unspecified atom stereocenters. The fraction of sp³-hybridized carbons (Fsp3) is 0. The third-order valence-corrected chi connectivity index (χ3v) is 18.8. The lowest BCUT2D eigenvalue weighted by Crippen LogP contribution is -2.08. The van der Waals surface area contributed by atoms with Crippen LogP contribution in [-0.2, 0) is 60.7 Å². The molecule has 0 atom stereocenters. The van der Waals surface area contributed by atoms with Crippen LogP contribution in [0.15, 0.2) is 171 Å². The zero-order chi connectivity index (χ0) is 69.5. The third kappa shape index (κ3) is 14.3. The molecule has 0 saturated carbocycles. The number of rotatable bonds is 18. The molecule has 0 aliphatic carbocycles. The van der Waals surface area contributed by atoms with Crippen LogP contribution in [0.3, 0.4) is 0 Å². The van der Waals surface area contributed by atoms with Crippen molar-refractivity contribution in [2.24, 2.45) is 20.5 Å². The molecule has 2 heterocycles. The summed E-state index contributed by atoms with van der Waals surface area (Å²) >= 11 is 12.5. The number of phenolic OH excluding ortho intramolecular Hbond substituents is 4. The zero-order valence-electron chi connectivity index (χ0n) is 46.6. The molecule has 0 saturated heterocycles. The molecule has 96 heavy (non-hydrogen) atoms. The first-order chi connectivity index (χ1) is 44.7. The predicted molar refractivity (Wildman–Crippen MR) is 339 cm³/mol. The molecule has 2 aromatic heterocycles. The lowest BCUT2D eigenvalue weighted by atomic mass is 10.1. The molecule has 0 spiro atoms. The van der Waals surface area contributed by atoms with E-state index < -0.39 is 158 Å². The molecule has 11 aromatic rings. The van der Waals surface area contributed by atoms with Gasteiger partial charge in [-0.25, -0.2) is 0 Å². The number of hydrogen-bond donors (Lipinski definition) is 14. The Bertz CT molecular complexity index is 5630. The molecular formula is C52H34Cl2N14O22S6. The second-order valence-electron chi connectivity index (χ2n) is 19.8. The van der Waals surface area contributed by atoms with Gasteiger partial charge >= 0.3 is 0 Å². The van der Waals surface area contributed by atoms with Crippen LogP contribution in [0.2, 0.25) is 10.6 Å². The van der Waals surface area contributed by atoms with Crippen molar-refractivity contribution in [2.45, 2.75) is 29.4 Å². The van der Waals surface area contributed by atoms with Crippen LogP contribution in [0, 0.1) is 0 Å². The van der Waals surface area contributed by atoms with Crippen LogP contribution in [0.4, 0.5) is 69.3 Å². The van der Waals surface area contributed by atoms with Gasteiger partial charge in [0.1, 0.15) is 44.2 Å². The summed E-state index contributed by atoms with van der Waals surface area (Å²) in [6.45, 7) is 0. The Morgan fingerprint density at radius 2 is 0.646 bits per heavy atom. The van der Waals surface area contributed by atoms with Crippen molar-refractivity contribution < 1.29 is 98.2 Å². The third-order valence-electron chi connectivity index (χ3n) is 13.4. The van der Waals surface area contributed by atoms with Crippen molar-refractivity contribution in [1.29, 1.82) is 0 Å². The first-order valence-corrected chi connectivity index (χ1v) is 35.0. The molecule has 9 aromatic carbocycles. The van der Waals surface area contributed by atoms with Crippen molar-refractivity contribution in [3.05, 3.63) is 132 Å². The maximum absolute atomic E-state index is 12.9. The highest BCUT2D eigenvalue weighted by atomic mass is 35.5. The van der Waals surface area contributed by atoms with Crippen LogP contribution < -0.4 is 21.3 Å². The topological polar surface area (TPSA) is 582 Å². The molecule has 494 valence electrons. The molecule has 0 aliphatic rings. The Morgan fingerprint density at radius 1 is 0.333 bits per heavy atom. The van der Waals surface area contributed by atoms with Crippen LogP contribution in [0.25, 0.3) is 43.1 Å². The maximum Gasteiger partial charge on any atom is 0.296 e. The number of nitrogens with one attached hydrogen (secondary N) is 4. The average Bonchev–Trinajstić information content (AvgIpc) is 0.782. The Balaban J connectivity index is 0.810. The van der Waals surface area contributed by atoms with Crippen LogP contribution >= 0.6 is 23.2 Å². The number of halogens is 2. The van der Waals surface area contributed by atoms with Gasteiger partial charge in [0, 0.05) is 34.3 Å². The van der Waals surface area contributed by atoms with Crippen LogP contribution in [0.5, 0.6) is 23.0 Å². The fourth-order valence-electron chi connectivity index (χ4n) is 9.33. The van der Waals surface area contributed by atoms with E-state index in [4.69, 9.17) is 23.2 Å². The summed E-state index contributed by atoms with van der Waals surface area (Å²) in [5, 5.41) is 68.6. The molecular weight excluding hydrogens is 1440 g/mol. The van der Waals surface area contributed by atoms with E-state index in [0.717, 1.165) is 48.5 Å². The number of azo groups is 2. The van der Waals surface area contributed by atoms with Crippen LogP contribution in [0.1, 0.15) is 0 Å². The molecule has 0 bridgehead atoms. The molecule has 0 fully saturated rings. The first kappa shape index (κ1) is 67.1. The smallest absolute Gasteiger partial charge is 0.296 e. The van der Waals surface area contributed by atoms with Gasteiger partial charge in [-0.3, -0.25) is 27.3 Å². The predicted octanol–water partition coefficient (Wildman–Crippen LogP) is 10.1. The van der Waals surface area contributed by atoms with Crippen molar-refractivity contribution >= 4 is 196 Å². The normalized spacial score (nSPS) is 12.8. The zero-order valence-corrected chi connectivity index (χ0v) is 53.0. The second-order valence-corrected chi connectivity index (χ2v) is 28.9. The van der Waals surface area contributed by atoms with E-state index in [1.54, 1.807) is 0 Å². The SMILES string of the molecule is O=S(=O)(O)c1cc(O)c2c(N=Nc3ccc4c(O)c(Nc5nc(Cl)nc(Nc6ccc(Nc7nc(Cl)nc(Nc8c(S(=O)(=O)O)cc9cc(N=Nc%10cc(S(=O)(=O)O)cc%11cc(S(=O)(=O)O)cc(O)c%10%11)ccc9c8O)n7)cc6)n5)c(S(=O)(=O)O)cc4c3)cc(S(=O)(=O)O)cc2c1. The quantitative estimate of drug-likeness (QED) is 0.0216. The maximum atomic E-state index is 12.9. The van der Waals surface area contributed by atoms with Crippen molar-refractivity contribution in [3.8, 4) is 23.0 Å². The number of phenols is 4. The Labute approximate surface area is 546 Å². The highest BCUT2D eigenvalue weighted by molar-refractivity contribution is 7.87. The van der Waals surface area contributed by atoms with Gasteiger partial charge in [-0.15, -0.1) is 10.2 Å². The van der Waals surface area contributed by atoms with E-state index in [1.165, 1.54) is 60.7 Å². The second kappa shape index (κ2) is 24.5.